The maximum Gasteiger partial charge on any atom is 0.195 e. The fourth-order valence-corrected chi connectivity index (χ4v) is 4.47. The average Bonchev–Trinajstić information content (AvgIpc) is 3.28. The summed E-state index contributed by atoms with van der Waals surface area (Å²) in [4.78, 5) is 8.14. The number of nitrogen functional groups attached to an aromatic ring is 1. The van der Waals surface area contributed by atoms with Gasteiger partial charge < -0.3 is 15.2 Å². The number of morpholine rings is 1. The van der Waals surface area contributed by atoms with Crippen LogP contribution < -0.4 is 10.5 Å². The van der Waals surface area contributed by atoms with Crippen molar-refractivity contribution in [2.24, 2.45) is 0 Å². The maximum atomic E-state index is 6.01. The molecule has 0 atom stereocenters. The van der Waals surface area contributed by atoms with Crippen molar-refractivity contribution in [2.75, 3.05) is 45.2 Å². The lowest BCUT2D eigenvalue weighted by Gasteiger charge is -2.26. The van der Waals surface area contributed by atoms with Crippen LogP contribution in [0.15, 0.2) is 48.7 Å². The van der Waals surface area contributed by atoms with Gasteiger partial charge in [0.15, 0.2) is 4.96 Å². The number of fused-ring (bicyclic) bond motifs is 3. The lowest BCUT2D eigenvalue weighted by molar-refractivity contribution is 0.0322. The van der Waals surface area contributed by atoms with Gasteiger partial charge in [-0.1, -0.05) is 23.5 Å². The van der Waals surface area contributed by atoms with E-state index in [1.807, 2.05) is 30.3 Å². The molecule has 3 heterocycles. The van der Waals surface area contributed by atoms with E-state index in [1.165, 1.54) is 4.70 Å². The van der Waals surface area contributed by atoms with Gasteiger partial charge in [-0.2, -0.15) is 0 Å². The molecule has 2 aromatic carbocycles. The third-order valence-electron chi connectivity index (χ3n) is 5.05. The lowest BCUT2D eigenvalue weighted by atomic mass is 10.1. The van der Waals surface area contributed by atoms with E-state index >= 15 is 0 Å². The van der Waals surface area contributed by atoms with Crippen molar-refractivity contribution in [3.63, 3.8) is 0 Å². The first-order valence-electron chi connectivity index (χ1n) is 9.47. The number of nitrogens with zero attached hydrogens (tertiary/aromatic N) is 3. The van der Waals surface area contributed by atoms with Crippen LogP contribution in [0, 0.1) is 0 Å². The van der Waals surface area contributed by atoms with Crippen molar-refractivity contribution in [3.8, 4) is 17.0 Å². The molecule has 0 bridgehead atoms. The molecule has 1 aliphatic rings. The zero-order valence-electron chi connectivity index (χ0n) is 15.5. The van der Waals surface area contributed by atoms with Crippen LogP contribution >= 0.6 is 11.3 Å². The molecule has 0 aliphatic carbocycles. The second-order valence-electron chi connectivity index (χ2n) is 6.93. The van der Waals surface area contributed by atoms with Gasteiger partial charge in [0.05, 0.1) is 29.1 Å². The van der Waals surface area contributed by atoms with E-state index in [-0.39, 0.29) is 0 Å². The molecule has 2 aromatic heterocycles. The molecule has 0 amide bonds. The quantitative estimate of drug-likeness (QED) is 0.525. The normalized spacial score (nSPS) is 15.4. The number of nitrogens with two attached hydrogens (primary N) is 1. The Morgan fingerprint density at radius 1 is 1.11 bits per heavy atom. The summed E-state index contributed by atoms with van der Waals surface area (Å²) in [5.41, 5.74) is 9.69. The molecule has 4 aromatic rings. The molecular weight excluding hydrogens is 372 g/mol. The summed E-state index contributed by atoms with van der Waals surface area (Å²) in [7, 11) is 0. The number of benzene rings is 2. The molecule has 7 heteroatoms. The van der Waals surface area contributed by atoms with Gasteiger partial charge in [-0.25, -0.2) is 4.98 Å². The van der Waals surface area contributed by atoms with E-state index in [0.29, 0.717) is 6.61 Å². The van der Waals surface area contributed by atoms with E-state index in [1.54, 1.807) is 11.3 Å². The van der Waals surface area contributed by atoms with Crippen molar-refractivity contribution in [3.05, 3.63) is 48.7 Å². The monoisotopic (exact) mass is 394 g/mol. The first-order valence-corrected chi connectivity index (χ1v) is 10.3. The van der Waals surface area contributed by atoms with Crippen LogP contribution in [0.3, 0.4) is 0 Å². The van der Waals surface area contributed by atoms with Crippen molar-refractivity contribution < 1.29 is 9.47 Å². The van der Waals surface area contributed by atoms with E-state index in [0.717, 1.165) is 66.0 Å². The molecule has 5 rings (SSSR count). The van der Waals surface area contributed by atoms with Crippen LogP contribution in [0.25, 0.3) is 26.4 Å². The topological polar surface area (TPSA) is 65.0 Å². The number of aromatic nitrogens is 2. The summed E-state index contributed by atoms with van der Waals surface area (Å²) in [6.45, 7) is 5.20. The van der Waals surface area contributed by atoms with Crippen LogP contribution in [-0.4, -0.2) is 53.7 Å². The second kappa shape index (κ2) is 7.43. The summed E-state index contributed by atoms with van der Waals surface area (Å²) in [5, 5.41) is 0. The smallest absolute Gasteiger partial charge is 0.195 e. The zero-order chi connectivity index (χ0) is 18.9. The number of hydrogen-bond acceptors (Lipinski definition) is 6. The second-order valence-corrected chi connectivity index (χ2v) is 7.94. The highest BCUT2D eigenvalue weighted by molar-refractivity contribution is 7.23. The number of ether oxygens (including phenoxy) is 2. The molecule has 0 radical (unpaired) electrons. The Morgan fingerprint density at radius 3 is 2.75 bits per heavy atom. The highest BCUT2D eigenvalue weighted by Gasteiger charge is 2.12. The van der Waals surface area contributed by atoms with Gasteiger partial charge in [0.1, 0.15) is 12.4 Å². The van der Waals surface area contributed by atoms with Gasteiger partial charge in [-0.05, 0) is 24.3 Å². The molecule has 1 fully saturated rings. The van der Waals surface area contributed by atoms with Crippen molar-refractivity contribution >= 4 is 32.2 Å². The summed E-state index contributed by atoms with van der Waals surface area (Å²) in [5.74, 6) is 0.892. The van der Waals surface area contributed by atoms with E-state index in [2.05, 4.69) is 27.6 Å². The fourth-order valence-electron chi connectivity index (χ4n) is 3.48. The molecule has 28 heavy (non-hydrogen) atoms. The molecule has 0 unspecified atom stereocenters. The van der Waals surface area contributed by atoms with Crippen LogP contribution in [0.4, 0.5) is 5.69 Å². The van der Waals surface area contributed by atoms with Gasteiger partial charge in [0.2, 0.25) is 0 Å². The van der Waals surface area contributed by atoms with Crippen molar-refractivity contribution in [1.82, 2.24) is 14.3 Å². The van der Waals surface area contributed by atoms with Gasteiger partial charge in [0, 0.05) is 43.1 Å². The highest BCUT2D eigenvalue weighted by Crippen LogP contribution is 2.31. The van der Waals surface area contributed by atoms with E-state index in [4.69, 9.17) is 20.2 Å². The summed E-state index contributed by atoms with van der Waals surface area (Å²) in [6.07, 6.45) is 2.08. The average molecular weight is 395 g/mol. The van der Waals surface area contributed by atoms with Gasteiger partial charge >= 0.3 is 0 Å². The standard InChI is InChI=1S/C21H22N4O2S/c22-16-3-1-15(2-4-16)18-14-25-19-13-17(5-6-20(19)28-21(25)23-18)27-12-9-24-7-10-26-11-8-24/h1-6,13-14H,7-12,22H2. The number of anilines is 1. The Labute approximate surface area is 167 Å². The predicted molar refractivity (Wildman–Crippen MR) is 113 cm³/mol. The number of thiazole rings is 1. The Balaban J connectivity index is 1.36. The van der Waals surface area contributed by atoms with Gasteiger partial charge in [0.25, 0.3) is 0 Å². The van der Waals surface area contributed by atoms with Crippen molar-refractivity contribution in [1.29, 1.82) is 0 Å². The molecule has 0 saturated carbocycles. The van der Waals surface area contributed by atoms with Gasteiger partial charge in [-0.3, -0.25) is 9.30 Å². The number of imidazole rings is 1. The Hall–Kier alpha value is -2.61. The molecular formula is C21H22N4O2S. The minimum absolute atomic E-state index is 0.680. The molecule has 1 saturated heterocycles. The minimum atomic E-state index is 0.680. The first-order chi connectivity index (χ1) is 13.8. The first kappa shape index (κ1) is 17.5. The number of rotatable bonds is 5. The Bertz CT molecular complexity index is 1100. The Kier molecular flexibility index (Phi) is 4.64. The predicted octanol–water partition coefficient (Wildman–Crippen LogP) is 3.51. The third kappa shape index (κ3) is 3.44. The summed E-state index contributed by atoms with van der Waals surface area (Å²) < 4.78 is 14.7. The van der Waals surface area contributed by atoms with Gasteiger partial charge in [-0.15, -0.1) is 0 Å². The largest absolute Gasteiger partial charge is 0.492 e. The SMILES string of the molecule is Nc1ccc(-c2cn3c(n2)sc2ccc(OCCN4CCOCC4)cc23)cc1. The van der Waals surface area contributed by atoms with Crippen LogP contribution in [0.5, 0.6) is 5.75 Å². The summed E-state index contributed by atoms with van der Waals surface area (Å²) >= 11 is 1.69. The highest BCUT2D eigenvalue weighted by atomic mass is 32.1. The van der Waals surface area contributed by atoms with Crippen molar-refractivity contribution in [2.45, 2.75) is 0 Å². The zero-order valence-corrected chi connectivity index (χ0v) is 16.3. The molecule has 1 aliphatic heterocycles. The fraction of sp³-hybridized carbons (Fsp3) is 0.286. The molecule has 6 nitrogen and oxygen atoms in total. The maximum absolute atomic E-state index is 6.01. The number of hydrogen-bond donors (Lipinski definition) is 1. The minimum Gasteiger partial charge on any atom is -0.492 e. The molecule has 2 N–H and O–H groups in total. The lowest BCUT2D eigenvalue weighted by Crippen LogP contribution is -2.38. The van der Waals surface area contributed by atoms with E-state index < -0.39 is 0 Å². The van der Waals surface area contributed by atoms with E-state index in [9.17, 15) is 0 Å². The van der Waals surface area contributed by atoms with Crippen LogP contribution in [-0.2, 0) is 4.74 Å². The van der Waals surface area contributed by atoms with Crippen LogP contribution in [0.2, 0.25) is 0 Å². The molecule has 0 spiro atoms. The Morgan fingerprint density at radius 2 is 1.93 bits per heavy atom. The van der Waals surface area contributed by atoms with Crippen LogP contribution in [0.1, 0.15) is 0 Å². The third-order valence-corrected chi connectivity index (χ3v) is 6.09. The summed E-state index contributed by atoms with van der Waals surface area (Å²) in [6, 6.07) is 14.1. The molecule has 144 valence electrons.